The van der Waals surface area contributed by atoms with Gasteiger partial charge in [0, 0.05) is 24.5 Å². The van der Waals surface area contributed by atoms with Gasteiger partial charge in [0.2, 0.25) is 5.75 Å². The number of ether oxygens (including phenoxy) is 5. The van der Waals surface area contributed by atoms with Gasteiger partial charge in [-0.05, 0) is 53.1 Å². The van der Waals surface area contributed by atoms with Crippen molar-refractivity contribution in [3.05, 3.63) is 76.1 Å². The van der Waals surface area contributed by atoms with Crippen molar-refractivity contribution < 1.29 is 28.1 Å². The lowest BCUT2D eigenvalue weighted by molar-refractivity contribution is 0.0888. The fraction of sp³-hybridized carbons (Fsp3) is 0.250. The lowest BCUT2D eigenvalue weighted by Crippen LogP contribution is -2.31. The van der Waals surface area contributed by atoms with Crippen LogP contribution in [-0.2, 0) is 13.1 Å². The summed E-state index contributed by atoms with van der Waals surface area (Å²) in [6.45, 7) is 1.49. The van der Waals surface area contributed by atoms with Gasteiger partial charge in [0.15, 0.2) is 11.5 Å². The van der Waals surface area contributed by atoms with Crippen LogP contribution in [0.15, 0.2) is 63.8 Å². The predicted molar refractivity (Wildman–Crippen MR) is 135 cm³/mol. The minimum atomic E-state index is -0.413. The molecule has 0 atom stereocenters. The molecule has 36 heavy (non-hydrogen) atoms. The first-order chi connectivity index (χ1) is 17.5. The molecule has 8 heteroatoms. The Balaban J connectivity index is 1.51. The van der Waals surface area contributed by atoms with Crippen LogP contribution in [0.2, 0.25) is 0 Å². The molecule has 0 bridgehead atoms. The summed E-state index contributed by atoms with van der Waals surface area (Å²) in [6, 6.07) is 16.8. The van der Waals surface area contributed by atoms with Gasteiger partial charge >= 0.3 is 5.63 Å². The van der Waals surface area contributed by atoms with Gasteiger partial charge in [-0.25, -0.2) is 4.79 Å². The van der Waals surface area contributed by atoms with Crippen molar-refractivity contribution in [1.82, 2.24) is 4.90 Å². The number of nitrogens with zero attached hydrogens (tertiary/aromatic N) is 1. The Kier molecular flexibility index (Phi) is 6.43. The van der Waals surface area contributed by atoms with E-state index in [4.69, 9.17) is 28.1 Å². The molecular weight excluding hydrogens is 462 g/mol. The summed E-state index contributed by atoms with van der Waals surface area (Å²) in [5.74, 6) is 3.18. The van der Waals surface area contributed by atoms with Gasteiger partial charge in [-0.15, -0.1) is 0 Å². The Morgan fingerprint density at radius 2 is 1.58 bits per heavy atom. The highest BCUT2D eigenvalue weighted by atomic mass is 16.5. The number of rotatable bonds is 7. The minimum Gasteiger partial charge on any atom is -0.497 e. The molecule has 2 heterocycles. The third-order valence-corrected chi connectivity index (χ3v) is 6.29. The molecule has 8 nitrogen and oxygen atoms in total. The first kappa shape index (κ1) is 23.6. The average Bonchev–Trinajstić information content (AvgIpc) is 2.92. The lowest BCUT2D eigenvalue weighted by atomic mass is 9.99. The monoisotopic (exact) mass is 489 g/mol. The molecule has 186 valence electrons. The van der Waals surface area contributed by atoms with Crippen LogP contribution in [0.4, 0.5) is 0 Å². The Labute approximate surface area is 208 Å². The van der Waals surface area contributed by atoms with Crippen LogP contribution in [0.5, 0.6) is 28.7 Å². The highest BCUT2D eigenvalue weighted by Crippen LogP contribution is 2.40. The molecular formula is C28H27NO7. The molecule has 0 saturated carbocycles. The van der Waals surface area contributed by atoms with Crippen LogP contribution in [0.3, 0.4) is 0 Å². The fourth-order valence-corrected chi connectivity index (χ4v) is 4.57. The van der Waals surface area contributed by atoms with E-state index in [1.807, 2.05) is 48.5 Å². The van der Waals surface area contributed by atoms with E-state index in [2.05, 4.69) is 4.90 Å². The number of hydrogen-bond acceptors (Lipinski definition) is 8. The fourth-order valence-electron chi connectivity index (χ4n) is 4.57. The first-order valence-corrected chi connectivity index (χ1v) is 11.4. The Bertz CT molecular complexity index is 1430. The Morgan fingerprint density at radius 3 is 2.22 bits per heavy atom. The molecule has 0 unspecified atom stereocenters. The van der Waals surface area contributed by atoms with E-state index >= 15 is 0 Å². The van der Waals surface area contributed by atoms with E-state index in [1.54, 1.807) is 28.4 Å². The molecule has 0 fully saturated rings. The summed E-state index contributed by atoms with van der Waals surface area (Å²) in [5.41, 5.74) is 3.62. The van der Waals surface area contributed by atoms with E-state index in [0.29, 0.717) is 48.4 Å². The third-order valence-electron chi connectivity index (χ3n) is 6.29. The highest BCUT2D eigenvalue weighted by molar-refractivity contribution is 5.95. The molecule has 1 aliphatic rings. The molecule has 0 aliphatic carbocycles. The van der Waals surface area contributed by atoms with Crippen molar-refractivity contribution >= 4 is 11.0 Å². The van der Waals surface area contributed by atoms with Crippen LogP contribution in [-0.4, -0.2) is 40.1 Å². The highest BCUT2D eigenvalue weighted by Gasteiger charge is 2.24. The first-order valence-electron chi connectivity index (χ1n) is 11.4. The molecule has 5 rings (SSSR count). The molecule has 1 aromatic heterocycles. The summed E-state index contributed by atoms with van der Waals surface area (Å²) in [7, 11) is 6.39. The van der Waals surface area contributed by atoms with Crippen LogP contribution in [0.1, 0.15) is 11.1 Å². The maximum Gasteiger partial charge on any atom is 0.336 e. The van der Waals surface area contributed by atoms with Gasteiger partial charge in [0.25, 0.3) is 0 Å². The maximum absolute atomic E-state index is 12.6. The second-order valence-electron chi connectivity index (χ2n) is 8.42. The second kappa shape index (κ2) is 9.83. The van der Waals surface area contributed by atoms with E-state index < -0.39 is 5.63 Å². The maximum atomic E-state index is 12.6. The van der Waals surface area contributed by atoms with Gasteiger partial charge < -0.3 is 28.1 Å². The number of benzene rings is 3. The number of fused-ring (bicyclic) bond motifs is 3. The summed E-state index contributed by atoms with van der Waals surface area (Å²) in [6.07, 6.45) is 0. The second-order valence-corrected chi connectivity index (χ2v) is 8.42. The third kappa shape index (κ3) is 4.31. The van der Waals surface area contributed by atoms with Crippen molar-refractivity contribution in [2.45, 2.75) is 13.1 Å². The minimum absolute atomic E-state index is 0.386. The van der Waals surface area contributed by atoms with Crippen LogP contribution in [0.25, 0.3) is 22.1 Å². The normalized spacial score (nSPS) is 13.1. The van der Waals surface area contributed by atoms with Gasteiger partial charge in [-0.1, -0.05) is 12.1 Å². The molecule has 0 radical (unpaired) electrons. The van der Waals surface area contributed by atoms with Gasteiger partial charge in [-0.2, -0.15) is 0 Å². The number of hydrogen-bond donors (Lipinski definition) is 0. The smallest absolute Gasteiger partial charge is 0.336 e. The summed E-state index contributed by atoms with van der Waals surface area (Å²) >= 11 is 0. The van der Waals surface area contributed by atoms with Crippen molar-refractivity contribution in [3.8, 4) is 39.9 Å². The van der Waals surface area contributed by atoms with Crippen LogP contribution < -0.4 is 29.3 Å². The summed E-state index contributed by atoms with van der Waals surface area (Å²) in [4.78, 5) is 14.7. The predicted octanol–water partition coefficient (Wildman–Crippen LogP) is 4.85. The molecule has 3 aromatic carbocycles. The van der Waals surface area contributed by atoms with Crippen molar-refractivity contribution in [3.63, 3.8) is 0 Å². The SMILES string of the molecule is COc1ccc(-c2cc(=O)oc3c4c(ccc23)OCN(Cc2cc(OC)c(OC)c(OC)c2)C4)cc1. The zero-order chi connectivity index (χ0) is 25.2. The molecule has 0 amide bonds. The van der Waals surface area contributed by atoms with Crippen molar-refractivity contribution in [1.29, 1.82) is 0 Å². The van der Waals surface area contributed by atoms with E-state index in [9.17, 15) is 4.79 Å². The van der Waals surface area contributed by atoms with Gasteiger partial charge in [0.05, 0.1) is 34.0 Å². The van der Waals surface area contributed by atoms with Crippen molar-refractivity contribution in [2.24, 2.45) is 0 Å². The summed E-state index contributed by atoms with van der Waals surface area (Å²) in [5, 5.41) is 0.844. The van der Waals surface area contributed by atoms with E-state index in [0.717, 1.165) is 33.4 Å². The quantitative estimate of drug-likeness (QED) is 0.341. The Morgan fingerprint density at radius 1 is 0.861 bits per heavy atom. The van der Waals surface area contributed by atoms with Crippen LogP contribution >= 0.6 is 0 Å². The zero-order valence-corrected chi connectivity index (χ0v) is 20.6. The number of methoxy groups -OCH3 is 4. The zero-order valence-electron chi connectivity index (χ0n) is 20.6. The molecule has 0 saturated heterocycles. The van der Waals surface area contributed by atoms with Gasteiger partial charge in [0.1, 0.15) is 23.8 Å². The molecule has 4 aromatic rings. The molecule has 1 aliphatic heterocycles. The Hall–Kier alpha value is -4.17. The van der Waals surface area contributed by atoms with E-state index in [-0.39, 0.29) is 0 Å². The molecule has 0 N–H and O–H groups in total. The molecule has 0 spiro atoms. The van der Waals surface area contributed by atoms with Crippen LogP contribution in [0, 0.1) is 0 Å². The standard InChI is InChI=1S/C28H27NO7/c1-31-19-7-5-18(6-8-19)21-13-26(30)36-27-20(21)9-10-23-22(27)15-29(16-35-23)14-17-11-24(32-2)28(34-4)25(12-17)33-3/h5-13H,14-16H2,1-4H3. The van der Waals surface area contributed by atoms with Gasteiger partial charge in [-0.3, -0.25) is 4.90 Å². The average molecular weight is 490 g/mol. The summed E-state index contributed by atoms with van der Waals surface area (Å²) < 4.78 is 33.5. The lowest BCUT2D eigenvalue weighted by Gasteiger charge is -2.29. The van der Waals surface area contributed by atoms with E-state index in [1.165, 1.54) is 6.07 Å². The largest absolute Gasteiger partial charge is 0.497 e. The topological polar surface area (TPSA) is 79.6 Å². The van der Waals surface area contributed by atoms with Crippen molar-refractivity contribution in [2.75, 3.05) is 35.2 Å².